The normalized spacial score (nSPS) is 11.7. The van der Waals surface area contributed by atoms with Gasteiger partial charge in [0.2, 0.25) is 0 Å². The number of carbonyl (C=O) groups excluding carboxylic acids is 1. The van der Waals surface area contributed by atoms with E-state index in [4.69, 9.17) is 11.6 Å². The highest BCUT2D eigenvalue weighted by Crippen LogP contribution is 2.12. The van der Waals surface area contributed by atoms with Crippen molar-refractivity contribution in [1.29, 1.82) is 0 Å². The van der Waals surface area contributed by atoms with Crippen molar-refractivity contribution in [2.75, 3.05) is 0 Å². The monoisotopic (exact) mass is 382 g/mol. The molecule has 0 aliphatic carbocycles. The van der Waals surface area contributed by atoms with Crippen LogP contribution in [0.3, 0.4) is 0 Å². The average molecular weight is 384 g/mol. The van der Waals surface area contributed by atoms with E-state index in [1.165, 1.54) is 6.20 Å². The molecule has 2 aromatic rings. The average Bonchev–Trinajstić information content (AvgIpc) is 2.48. The van der Waals surface area contributed by atoms with Gasteiger partial charge in [0.05, 0.1) is 0 Å². The molecule has 0 fully saturated rings. The van der Waals surface area contributed by atoms with E-state index in [-0.39, 0.29) is 6.42 Å². The van der Waals surface area contributed by atoms with Crippen molar-refractivity contribution in [3.63, 3.8) is 0 Å². The highest BCUT2D eigenvalue weighted by molar-refractivity contribution is 9.10. The van der Waals surface area contributed by atoms with Crippen molar-refractivity contribution in [3.8, 4) is 0 Å². The molecule has 1 heterocycles. The molecule has 0 spiro atoms. The van der Waals surface area contributed by atoms with Gasteiger partial charge in [0.25, 0.3) is 5.91 Å². The molecule has 1 atom stereocenters. The number of nitrogens with zero attached hydrogens (tertiary/aromatic N) is 1. The quantitative estimate of drug-likeness (QED) is 0.778. The molecule has 1 aromatic carbocycles. The standard InChI is InChI=1S/C15H12BrClN2O3/c16-11-3-1-2-10(7-11)14(20)19-12(15(21)22)6-9-4-5-13(17)18-8-9/h1-5,7-8,12H,6H2,(H,19,20)(H,21,22)/t12-/m1/s1. The third-order valence-electron chi connectivity index (χ3n) is 2.92. The van der Waals surface area contributed by atoms with E-state index >= 15 is 0 Å². The third-order valence-corrected chi connectivity index (χ3v) is 3.64. The molecule has 7 heteroatoms. The maximum atomic E-state index is 12.1. The lowest BCUT2D eigenvalue weighted by molar-refractivity contribution is -0.139. The van der Waals surface area contributed by atoms with Crippen LogP contribution < -0.4 is 5.32 Å². The van der Waals surface area contributed by atoms with Gasteiger partial charge in [-0.3, -0.25) is 4.79 Å². The minimum atomic E-state index is -1.11. The number of nitrogens with one attached hydrogen (secondary N) is 1. The Balaban J connectivity index is 2.10. The van der Waals surface area contributed by atoms with Gasteiger partial charge in [-0.2, -0.15) is 0 Å². The van der Waals surface area contributed by atoms with Gasteiger partial charge in [-0.05, 0) is 29.8 Å². The zero-order chi connectivity index (χ0) is 16.1. The summed E-state index contributed by atoms with van der Waals surface area (Å²) in [6.45, 7) is 0. The Bertz CT molecular complexity index is 691. The number of benzene rings is 1. The Morgan fingerprint density at radius 3 is 2.68 bits per heavy atom. The molecule has 22 heavy (non-hydrogen) atoms. The van der Waals surface area contributed by atoms with Crippen LogP contribution in [-0.4, -0.2) is 28.0 Å². The first-order chi connectivity index (χ1) is 10.5. The molecule has 2 rings (SSSR count). The van der Waals surface area contributed by atoms with Crippen LogP contribution in [0.2, 0.25) is 5.15 Å². The van der Waals surface area contributed by atoms with E-state index in [2.05, 4.69) is 26.2 Å². The summed E-state index contributed by atoms with van der Waals surface area (Å²) in [6, 6.07) is 8.93. The van der Waals surface area contributed by atoms with Gasteiger partial charge in [-0.25, -0.2) is 9.78 Å². The molecule has 0 saturated heterocycles. The number of rotatable bonds is 5. The maximum Gasteiger partial charge on any atom is 0.326 e. The van der Waals surface area contributed by atoms with E-state index < -0.39 is 17.9 Å². The molecule has 1 amide bonds. The van der Waals surface area contributed by atoms with Gasteiger partial charge in [-0.15, -0.1) is 0 Å². The number of carboxylic acid groups (broad SMARTS) is 1. The molecule has 114 valence electrons. The second-order valence-electron chi connectivity index (χ2n) is 4.57. The fraction of sp³-hybridized carbons (Fsp3) is 0.133. The van der Waals surface area contributed by atoms with E-state index in [1.54, 1.807) is 36.4 Å². The zero-order valence-corrected chi connectivity index (χ0v) is 13.6. The van der Waals surface area contributed by atoms with Gasteiger partial charge in [0.1, 0.15) is 11.2 Å². The molecule has 2 N–H and O–H groups in total. The summed E-state index contributed by atoms with van der Waals surface area (Å²) in [6.07, 6.45) is 1.61. The number of halogens is 2. The molecule has 5 nitrogen and oxygen atoms in total. The molecular weight excluding hydrogens is 372 g/mol. The fourth-order valence-electron chi connectivity index (χ4n) is 1.83. The van der Waals surface area contributed by atoms with Crippen LogP contribution in [0.25, 0.3) is 0 Å². The molecule has 1 aromatic heterocycles. The van der Waals surface area contributed by atoms with E-state index in [0.29, 0.717) is 16.3 Å². The first kappa shape index (κ1) is 16.5. The minimum Gasteiger partial charge on any atom is -0.480 e. The number of hydrogen-bond acceptors (Lipinski definition) is 3. The van der Waals surface area contributed by atoms with E-state index in [1.807, 2.05) is 0 Å². The first-order valence-electron chi connectivity index (χ1n) is 6.35. The highest BCUT2D eigenvalue weighted by Gasteiger charge is 2.21. The Hall–Kier alpha value is -1.92. The molecule has 0 aliphatic heterocycles. The number of carboxylic acids is 1. The van der Waals surface area contributed by atoms with Crippen LogP contribution in [0.1, 0.15) is 15.9 Å². The summed E-state index contributed by atoms with van der Waals surface area (Å²) < 4.78 is 0.744. The lowest BCUT2D eigenvalue weighted by Crippen LogP contribution is -2.42. The fourth-order valence-corrected chi connectivity index (χ4v) is 2.35. The molecule has 0 radical (unpaired) electrons. The molecular formula is C15H12BrClN2O3. The first-order valence-corrected chi connectivity index (χ1v) is 7.52. The molecule has 0 unspecified atom stereocenters. The predicted octanol–water partition coefficient (Wildman–Crippen LogP) is 2.92. The van der Waals surface area contributed by atoms with Crippen molar-refractivity contribution >= 4 is 39.4 Å². The number of aliphatic carboxylic acids is 1. The van der Waals surface area contributed by atoms with Gasteiger partial charge in [0, 0.05) is 22.7 Å². The number of hydrogen-bond donors (Lipinski definition) is 2. The summed E-state index contributed by atoms with van der Waals surface area (Å²) in [5, 5.41) is 12.1. The topological polar surface area (TPSA) is 79.3 Å². The summed E-state index contributed by atoms with van der Waals surface area (Å²) in [5.74, 6) is -1.56. The van der Waals surface area contributed by atoms with Gasteiger partial charge >= 0.3 is 5.97 Å². The summed E-state index contributed by atoms with van der Waals surface area (Å²) >= 11 is 8.96. The summed E-state index contributed by atoms with van der Waals surface area (Å²) in [4.78, 5) is 27.4. The Morgan fingerprint density at radius 2 is 2.09 bits per heavy atom. The second-order valence-corrected chi connectivity index (χ2v) is 5.87. The van der Waals surface area contributed by atoms with Crippen LogP contribution in [0, 0.1) is 0 Å². The Morgan fingerprint density at radius 1 is 1.32 bits per heavy atom. The number of amides is 1. The van der Waals surface area contributed by atoms with Crippen LogP contribution in [-0.2, 0) is 11.2 Å². The van der Waals surface area contributed by atoms with Crippen LogP contribution >= 0.6 is 27.5 Å². The third kappa shape index (κ3) is 4.54. The smallest absolute Gasteiger partial charge is 0.326 e. The van der Waals surface area contributed by atoms with Crippen LogP contribution in [0.15, 0.2) is 47.1 Å². The van der Waals surface area contributed by atoms with Crippen LogP contribution in [0.5, 0.6) is 0 Å². The lowest BCUT2D eigenvalue weighted by Gasteiger charge is -2.14. The van der Waals surface area contributed by atoms with Crippen molar-refractivity contribution < 1.29 is 14.7 Å². The largest absolute Gasteiger partial charge is 0.480 e. The van der Waals surface area contributed by atoms with Crippen molar-refractivity contribution in [1.82, 2.24) is 10.3 Å². The zero-order valence-electron chi connectivity index (χ0n) is 11.3. The highest BCUT2D eigenvalue weighted by atomic mass is 79.9. The van der Waals surface area contributed by atoms with Crippen molar-refractivity contribution in [2.24, 2.45) is 0 Å². The summed E-state index contributed by atoms with van der Waals surface area (Å²) in [7, 11) is 0. The van der Waals surface area contributed by atoms with E-state index in [0.717, 1.165) is 4.47 Å². The van der Waals surface area contributed by atoms with Gasteiger partial charge < -0.3 is 10.4 Å². The van der Waals surface area contributed by atoms with E-state index in [9.17, 15) is 14.7 Å². The Labute approximate surface area is 140 Å². The molecule has 0 saturated carbocycles. The molecule has 0 aliphatic rings. The number of carbonyl (C=O) groups is 2. The predicted molar refractivity (Wildman–Crippen MR) is 86.0 cm³/mol. The maximum absolute atomic E-state index is 12.1. The second kappa shape index (κ2) is 7.38. The number of aromatic nitrogens is 1. The van der Waals surface area contributed by atoms with Crippen molar-refractivity contribution in [3.05, 3.63) is 63.3 Å². The summed E-state index contributed by atoms with van der Waals surface area (Å²) in [5.41, 5.74) is 1.06. The van der Waals surface area contributed by atoms with Crippen molar-refractivity contribution in [2.45, 2.75) is 12.5 Å². The minimum absolute atomic E-state index is 0.124. The Kier molecular flexibility index (Phi) is 5.51. The van der Waals surface area contributed by atoms with Gasteiger partial charge in [0.15, 0.2) is 0 Å². The lowest BCUT2D eigenvalue weighted by atomic mass is 10.1. The van der Waals surface area contributed by atoms with Gasteiger partial charge in [-0.1, -0.05) is 39.7 Å². The number of pyridine rings is 1. The van der Waals surface area contributed by atoms with Crippen LogP contribution in [0.4, 0.5) is 0 Å². The SMILES string of the molecule is O=C(N[C@H](Cc1ccc(Cl)nc1)C(=O)O)c1cccc(Br)c1. The molecule has 0 bridgehead atoms.